The first kappa shape index (κ1) is 27.9. The molecule has 0 bridgehead atoms. The molecule has 0 amide bonds. The number of fused-ring (bicyclic) bond motifs is 1. The van der Waals surface area contributed by atoms with Gasteiger partial charge in [-0.05, 0) is 76.4 Å². The molecule has 0 aliphatic carbocycles. The minimum absolute atomic E-state index is 0.536. The van der Waals surface area contributed by atoms with Crippen LogP contribution in [-0.4, -0.2) is 63.2 Å². The number of anilines is 2. The molecule has 3 heterocycles. The van der Waals surface area contributed by atoms with Crippen molar-refractivity contribution in [3.63, 3.8) is 0 Å². The number of piperazine rings is 1. The number of rotatable bonds is 9. The Morgan fingerprint density at radius 3 is 2.33 bits per heavy atom. The molecule has 0 unspecified atom stereocenters. The van der Waals surface area contributed by atoms with Gasteiger partial charge in [0.05, 0.1) is 0 Å². The molecule has 5 aromatic rings. The smallest absolute Gasteiger partial charge is 0.170 e. The van der Waals surface area contributed by atoms with E-state index >= 15 is 0 Å². The van der Waals surface area contributed by atoms with E-state index < -0.39 is 0 Å². The van der Waals surface area contributed by atoms with E-state index in [0.717, 1.165) is 85.4 Å². The highest BCUT2D eigenvalue weighted by Crippen LogP contribution is 2.31. The van der Waals surface area contributed by atoms with Crippen molar-refractivity contribution in [3.05, 3.63) is 95.8 Å². The highest BCUT2D eigenvalue weighted by Gasteiger charge is 2.24. The van der Waals surface area contributed by atoms with Gasteiger partial charge in [0.2, 0.25) is 0 Å². The van der Waals surface area contributed by atoms with Crippen molar-refractivity contribution in [3.8, 4) is 17.1 Å². The average molecular weight is 560 g/mol. The van der Waals surface area contributed by atoms with Crippen molar-refractivity contribution in [2.24, 2.45) is 0 Å². The highest BCUT2D eigenvalue weighted by atomic mass is 15.3. The van der Waals surface area contributed by atoms with Crippen LogP contribution in [0.5, 0.6) is 0 Å². The van der Waals surface area contributed by atoms with E-state index in [4.69, 9.17) is 15.0 Å². The van der Waals surface area contributed by atoms with Gasteiger partial charge < -0.3 is 10.2 Å². The first-order valence-corrected chi connectivity index (χ1v) is 15.2. The molecule has 6 rings (SSSR count). The number of nitrogens with one attached hydrogen (secondary N) is 1. The van der Waals surface area contributed by atoms with Gasteiger partial charge in [0.1, 0.15) is 11.6 Å². The van der Waals surface area contributed by atoms with Crippen molar-refractivity contribution >= 4 is 22.7 Å². The largest absolute Gasteiger partial charge is 0.368 e. The fraction of sp³-hybridized carbons (Fsp3) is 0.343. The number of para-hydroxylation sites is 1. The van der Waals surface area contributed by atoms with Crippen molar-refractivity contribution in [2.75, 3.05) is 42.9 Å². The first-order chi connectivity index (χ1) is 20.5. The van der Waals surface area contributed by atoms with Gasteiger partial charge in [0.15, 0.2) is 17.0 Å². The average Bonchev–Trinajstić information content (AvgIpc) is 3.39. The second-order valence-electron chi connectivity index (χ2n) is 11.4. The topological polar surface area (TPSA) is 62.1 Å². The number of nitrogens with zero attached hydrogens (tertiary/aromatic N) is 6. The van der Waals surface area contributed by atoms with E-state index in [1.165, 1.54) is 16.8 Å². The minimum atomic E-state index is 0.536. The predicted octanol–water partition coefficient (Wildman–Crippen LogP) is 6.81. The van der Waals surface area contributed by atoms with Crippen LogP contribution in [0.15, 0.2) is 78.9 Å². The number of benzene rings is 3. The molecule has 7 nitrogen and oxygen atoms in total. The minimum Gasteiger partial charge on any atom is -0.368 e. The molecule has 3 aromatic carbocycles. The zero-order chi connectivity index (χ0) is 29.1. The Morgan fingerprint density at radius 1 is 0.810 bits per heavy atom. The Kier molecular flexibility index (Phi) is 8.20. The fourth-order valence-electron chi connectivity index (χ4n) is 6.06. The molecule has 1 saturated heterocycles. The summed E-state index contributed by atoms with van der Waals surface area (Å²) in [5.74, 6) is 2.41. The Hall–Kier alpha value is -4.23. The lowest BCUT2D eigenvalue weighted by molar-refractivity contribution is 0.186. The standard InChI is InChI=1S/C35H41N7/c1-25-14-13-19-31(27(25)3)41-23-22-40(26(2)24-41)21-12-11-20-36-33-32-35(38-28(4)37-33)42(30-17-9-6-10-18-30)34(39-32)29-15-7-5-8-16-29/h5-10,13-19,26H,11-12,20-24H2,1-4H3,(H,36,37,38)/t26-/m0/s1. The number of hydrogen-bond acceptors (Lipinski definition) is 6. The number of aromatic nitrogens is 4. The Labute approximate surface area is 249 Å². The molecular formula is C35H41N7. The van der Waals surface area contributed by atoms with Gasteiger partial charge in [-0.1, -0.05) is 60.7 Å². The summed E-state index contributed by atoms with van der Waals surface area (Å²) in [7, 11) is 0. The number of unbranched alkanes of at least 4 members (excludes halogenated alkanes) is 1. The van der Waals surface area contributed by atoms with Crippen LogP contribution in [0, 0.1) is 20.8 Å². The third-order valence-corrected chi connectivity index (χ3v) is 8.51. The molecule has 0 saturated carbocycles. The SMILES string of the molecule is Cc1nc(NCCCCN2CCN(c3cccc(C)c3C)C[C@@H]2C)c2nc(-c3ccccc3)n(-c3ccccc3)c2n1. The number of hydrogen-bond donors (Lipinski definition) is 1. The number of aryl methyl sites for hydroxylation is 2. The zero-order valence-electron chi connectivity index (χ0n) is 25.2. The molecule has 42 heavy (non-hydrogen) atoms. The number of imidazole rings is 1. The maximum atomic E-state index is 5.09. The van der Waals surface area contributed by atoms with Gasteiger partial charge in [-0.15, -0.1) is 0 Å². The highest BCUT2D eigenvalue weighted by molar-refractivity contribution is 5.88. The fourth-order valence-corrected chi connectivity index (χ4v) is 6.06. The molecule has 1 N–H and O–H groups in total. The van der Waals surface area contributed by atoms with Crippen LogP contribution in [0.1, 0.15) is 36.7 Å². The summed E-state index contributed by atoms with van der Waals surface area (Å²) in [6, 6.07) is 27.8. The maximum absolute atomic E-state index is 5.09. The van der Waals surface area contributed by atoms with Gasteiger partial charge in [-0.25, -0.2) is 15.0 Å². The van der Waals surface area contributed by atoms with Crippen molar-refractivity contribution in [2.45, 2.75) is 46.6 Å². The molecule has 2 aromatic heterocycles. The molecule has 0 radical (unpaired) electrons. The normalized spacial score (nSPS) is 15.8. The van der Waals surface area contributed by atoms with Crippen LogP contribution in [0.3, 0.4) is 0 Å². The summed E-state index contributed by atoms with van der Waals surface area (Å²) in [6.45, 7) is 14.0. The monoisotopic (exact) mass is 559 g/mol. The predicted molar refractivity (Wildman–Crippen MR) is 174 cm³/mol. The first-order valence-electron chi connectivity index (χ1n) is 15.2. The molecule has 7 heteroatoms. The summed E-state index contributed by atoms with van der Waals surface area (Å²) in [5.41, 5.74) is 7.88. The van der Waals surface area contributed by atoms with Crippen molar-refractivity contribution < 1.29 is 0 Å². The van der Waals surface area contributed by atoms with E-state index in [9.17, 15) is 0 Å². The van der Waals surface area contributed by atoms with Crippen LogP contribution >= 0.6 is 0 Å². The summed E-state index contributed by atoms with van der Waals surface area (Å²) in [5, 5.41) is 3.61. The van der Waals surface area contributed by atoms with Crippen LogP contribution in [0.2, 0.25) is 0 Å². The molecule has 1 fully saturated rings. The molecule has 1 aliphatic heterocycles. The summed E-state index contributed by atoms with van der Waals surface area (Å²) >= 11 is 0. The van der Waals surface area contributed by atoms with Gasteiger partial charge in [0.25, 0.3) is 0 Å². The van der Waals surface area contributed by atoms with E-state index in [-0.39, 0.29) is 0 Å². The van der Waals surface area contributed by atoms with E-state index in [2.05, 4.69) is 82.9 Å². The molecule has 1 aliphatic rings. The lowest BCUT2D eigenvalue weighted by Crippen LogP contribution is -2.52. The third kappa shape index (κ3) is 5.74. The molecule has 216 valence electrons. The van der Waals surface area contributed by atoms with Crippen molar-refractivity contribution in [1.29, 1.82) is 0 Å². The van der Waals surface area contributed by atoms with Gasteiger partial charge in [0, 0.05) is 49.2 Å². The lowest BCUT2D eigenvalue weighted by Gasteiger charge is -2.41. The van der Waals surface area contributed by atoms with Gasteiger partial charge >= 0.3 is 0 Å². The molecular weight excluding hydrogens is 518 g/mol. The van der Waals surface area contributed by atoms with E-state index in [1.54, 1.807) is 0 Å². The maximum Gasteiger partial charge on any atom is 0.170 e. The van der Waals surface area contributed by atoms with E-state index in [1.807, 2.05) is 43.3 Å². The Morgan fingerprint density at radius 2 is 1.57 bits per heavy atom. The quantitative estimate of drug-likeness (QED) is 0.200. The summed E-state index contributed by atoms with van der Waals surface area (Å²) in [4.78, 5) is 19.9. The van der Waals surface area contributed by atoms with Gasteiger partial charge in [-0.2, -0.15) is 0 Å². The molecule has 0 spiro atoms. The van der Waals surface area contributed by atoms with Crippen molar-refractivity contribution in [1.82, 2.24) is 24.4 Å². The zero-order valence-corrected chi connectivity index (χ0v) is 25.2. The second-order valence-corrected chi connectivity index (χ2v) is 11.4. The van der Waals surface area contributed by atoms with Crippen LogP contribution in [0.25, 0.3) is 28.2 Å². The van der Waals surface area contributed by atoms with Crippen LogP contribution in [0.4, 0.5) is 11.5 Å². The van der Waals surface area contributed by atoms with E-state index in [0.29, 0.717) is 6.04 Å². The molecule has 1 atom stereocenters. The van der Waals surface area contributed by atoms with Crippen LogP contribution in [-0.2, 0) is 0 Å². The summed E-state index contributed by atoms with van der Waals surface area (Å²) in [6.07, 6.45) is 2.21. The summed E-state index contributed by atoms with van der Waals surface area (Å²) < 4.78 is 2.14. The van der Waals surface area contributed by atoms with Gasteiger partial charge in [-0.3, -0.25) is 9.47 Å². The van der Waals surface area contributed by atoms with Crippen LogP contribution < -0.4 is 10.2 Å². The Bertz CT molecular complexity index is 1650. The third-order valence-electron chi connectivity index (χ3n) is 8.51. The Balaban J connectivity index is 1.12. The lowest BCUT2D eigenvalue weighted by atomic mass is 10.1. The second kappa shape index (κ2) is 12.3.